The third-order valence-electron chi connectivity index (χ3n) is 3.12. The summed E-state index contributed by atoms with van der Waals surface area (Å²) in [6.45, 7) is 5.03. The van der Waals surface area contributed by atoms with E-state index in [4.69, 9.17) is 0 Å². The van der Waals surface area contributed by atoms with Gasteiger partial charge in [0.05, 0.1) is 0 Å². The van der Waals surface area contributed by atoms with Crippen LogP contribution in [-0.2, 0) is 0 Å². The van der Waals surface area contributed by atoms with Gasteiger partial charge in [-0.15, -0.1) is 0 Å². The van der Waals surface area contributed by atoms with Gasteiger partial charge in [-0.25, -0.2) is 0 Å². The summed E-state index contributed by atoms with van der Waals surface area (Å²) in [5.74, 6) is 0.591. The van der Waals surface area contributed by atoms with Crippen LogP contribution in [0.1, 0.15) is 37.0 Å². The second kappa shape index (κ2) is 7.95. The number of nitrogens with one attached hydrogen (secondary N) is 1. The van der Waals surface area contributed by atoms with Gasteiger partial charge in [-0.05, 0) is 30.2 Å². The highest BCUT2D eigenvalue weighted by Crippen LogP contribution is 2.19. The molecule has 0 radical (unpaired) electrons. The molecule has 1 amide bonds. The first-order chi connectivity index (χ1) is 8.58. The van der Waals surface area contributed by atoms with Crippen molar-refractivity contribution in [2.75, 3.05) is 6.54 Å². The first kappa shape index (κ1) is 15.7. The van der Waals surface area contributed by atoms with Gasteiger partial charge in [0.25, 0.3) is 5.91 Å². The lowest BCUT2D eigenvalue weighted by Gasteiger charge is -2.19. The first-order valence-corrected chi connectivity index (χ1v) is 7.97. The zero-order chi connectivity index (χ0) is 13.5. The number of hydrogen-bond donors (Lipinski definition) is 1. The molecule has 1 unspecified atom stereocenters. The molecule has 1 aromatic carbocycles. The minimum atomic E-state index is -0.0158. The van der Waals surface area contributed by atoms with Crippen molar-refractivity contribution >= 4 is 37.8 Å². The van der Waals surface area contributed by atoms with Crippen LogP contribution in [0.3, 0.4) is 0 Å². The molecular formula is C14H19Br2NO. The van der Waals surface area contributed by atoms with E-state index in [0.717, 1.165) is 17.3 Å². The second-order valence-corrected chi connectivity index (χ2v) is 6.40. The van der Waals surface area contributed by atoms with Crippen molar-refractivity contribution in [1.29, 1.82) is 0 Å². The topological polar surface area (TPSA) is 29.1 Å². The fourth-order valence-corrected chi connectivity index (χ4v) is 3.03. The molecule has 0 aliphatic carbocycles. The number of benzene rings is 1. The highest BCUT2D eigenvalue weighted by Gasteiger charge is 2.16. The molecule has 1 N–H and O–H groups in total. The molecule has 0 aromatic heterocycles. The average Bonchev–Trinajstić information content (AvgIpc) is 2.38. The number of alkyl halides is 1. The van der Waals surface area contributed by atoms with Crippen LogP contribution in [0.5, 0.6) is 0 Å². The molecule has 0 heterocycles. The lowest BCUT2D eigenvalue weighted by atomic mass is 9.99. The molecule has 0 fully saturated rings. The molecular weight excluding hydrogens is 358 g/mol. The maximum absolute atomic E-state index is 11.9. The van der Waals surface area contributed by atoms with E-state index in [1.807, 2.05) is 24.3 Å². The Kier molecular flexibility index (Phi) is 6.94. The first-order valence-electron chi connectivity index (χ1n) is 6.26. The number of carbonyl (C=O) groups excluding carboxylic acids is 1. The van der Waals surface area contributed by atoms with Gasteiger partial charge < -0.3 is 5.32 Å². The van der Waals surface area contributed by atoms with E-state index in [1.165, 1.54) is 0 Å². The zero-order valence-corrected chi connectivity index (χ0v) is 13.9. The van der Waals surface area contributed by atoms with Gasteiger partial charge >= 0.3 is 0 Å². The molecule has 1 rings (SSSR count). The fraction of sp³-hybridized carbons (Fsp3) is 0.500. The molecule has 0 aliphatic heterocycles. The lowest BCUT2D eigenvalue weighted by molar-refractivity contribution is 0.0952. The van der Waals surface area contributed by atoms with E-state index in [1.54, 1.807) is 0 Å². The van der Waals surface area contributed by atoms with Crippen molar-refractivity contribution in [1.82, 2.24) is 5.32 Å². The standard InChI is InChI=1S/C14H19Br2NO/c1-3-10(4-2)13(16)9-17-14(18)11-5-7-12(15)8-6-11/h5-8,10,13H,3-4,9H2,1-2H3,(H,17,18). The Balaban J connectivity index is 2.48. The van der Waals surface area contributed by atoms with Gasteiger partial charge in [0.2, 0.25) is 0 Å². The summed E-state index contributed by atoms with van der Waals surface area (Å²) in [5.41, 5.74) is 0.697. The van der Waals surface area contributed by atoms with Crippen molar-refractivity contribution in [2.45, 2.75) is 31.5 Å². The number of rotatable bonds is 6. The van der Waals surface area contributed by atoms with Gasteiger partial charge in [-0.2, -0.15) is 0 Å². The van der Waals surface area contributed by atoms with Crippen molar-refractivity contribution in [3.63, 3.8) is 0 Å². The van der Waals surface area contributed by atoms with E-state index >= 15 is 0 Å². The molecule has 2 nitrogen and oxygen atoms in total. The molecule has 0 saturated carbocycles. The number of hydrogen-bond acceptors (Lipinski definition) is 1. The van der Waals surface area contributed by atoms with Crippen LogP contribution in [0.4, 0.5) is 0 Å². The van der Waals surface area contributed by atoms with Crippen LogP contribution >= 0.6 is 31.9 Å². The molecule has 0 aliphatic rings. The summed E-state index contributed by atoms with van der Waals surface area (Å²) in [7, 11) is 0. The van der Waals surface area contributed by atoms with Crippen molar-refractivity contribution in [3.8, 4) is 0 Å². The predicted octanol–water partition coefficient (Wildman–Crippen LogP) is 4.38. The summed E-state index contributed by atoms with van der Waals surface area (Å²) in [5, 5.41) is 2.97. The van der Waals surface area contributed by atoms with Gasteiger partial charge in [0.1, 0.15) is 0 Å². The maximum Gasteiger partial charge on any atom is 0.251 e. The minimum Gasteiger partial charge on any atom is -0.351 e. The molecule has 1 aromatic rings. The predicted molar refractivity (Wildman–Crippen MR) is 83.3 cm³/mol. The molecule has 18 heavy (non-hydrogen) atoms. The maximum atomic E-state index is 11.9. The van der Waals surface area contributed by atoms with Gasteiger partial charge in [-0.1, -0.05) is 58.5 Å². The molecule has 100 valence electrons. The van der Waals surface area contributed by atoms with Crippen LogP contribution in [0.2, 0.25) is 0 Å². The second-order valence-electron chi connectivity index (χ2n) is 4.31. The largest absolute Gasteiger partial charge is 0.351 e. The van der Waals surface area contributed by atoms with Crippen molar-refractivity contribution in [3.05, 3.63) is 34.3 Å². The quantitative estimate of drug-likeness (QED) is 0.733. The van der Waals surface area contributed by atoms with E-state index in [9.17, 15) is 4.79 Å². The van der Waals surface area contributed by atoms with Gasteiger partial charge in [-0.3, -0.25) is 4.79 Å². The van der Waals surface area contributed by atoms with Gasteiger partial charge in [0, 0.05) is 21.4 Å². The average molecular weight is 377 g/mol. The zero-order valence-electron chi connectivity index (χ0n) is 10.7. The summed E-state index contributed by atoms with van der Waals surface area (Å²) in [6.07, 6.45) is 2.25. The van der Waals surface area contributed by atoms with Crippen molar-refractivity contribution in [2.24, 2.45) is 5.92 Å². The third-order valence-corrected chi connectivity index (χ3v) is 4.72. The molecule has 0 bridgehead atoms. The Morgan fingerprint density at radius 2 is 1.78 bits per heavy atom. The van der Waals surface area contributed by atoms with Crippen LogP contribution in [0.15, 0.2) is 28.7 Å². The molecule has 0 spiro atoms. The monoisotopic (exact) mass is 375 g/mol. The number of halogens is 2. The van der Waals surface area contributed by atoms with E-state index in [0.29, 0.717) is 22.9 Å². The third kappa shape index (κ3) is 4.73. The number of amides is 1. The SMILES string of the molecule is CCC(CC)C(Br)CNC(=O)c1ccc(Br)cc1. The molecule has 1 atom stereocenters. The summed E-state index contributed by atoms with van der Waals surface area (Å²) in [6, 6.07) is 7.39. The highest BCUT2D eigenvalue weighted by molar-refractivity contribution is 9.10. The fourth-order valence-electron chi connectivity index (χ4n) is 1.86. The van der Waals surface area contributed by atoms with Crippen LogP contribution < -0.4 is 5.32 Å². The molecule has 0 saturated heterocycles. The van der Waals surface area contributed by atoms with Crippen molar-refractivity contribution < 1.29 is 4.79 Å². The summed E-state index contributed by atoms with van der Waals surface area (Å²) < 4.78 is 0.981. The minimum absolute atomic E-state index is 0.0158. The Hall–Kier alpha value is -0.350. The Labute approximate surface area is 126 Å². The Morgan fingerprint density at radius 3 is 2.28 bits per heavy atom. The molecule has 4 heteroatoms. The Morgan fingerprint density at radius 1 is 1.22 bits per heavy atom. The van der Waals surface area contributed by atoms with E-state index in [-0.39, 0.29) is 5.91 Å². The van der Waals surface area contributed by atoms with E-state index in [2.05, 4.69) is 51.0 Å². The summed E-state index contributed by atoms with van der Waals surface area (Å²) >= 11 is 7.01. The lowest BCUT2D eigenvalue weighted by Crippen LogP contribution is -2.32. The smallest absolute Gasteiger partial charge is 0.251 e. The highest BCUT2D eigenvalue weighted by atomic mass is 79.9. The van der Waals surface area contributed by atoms with E-state index < -0.39 is 0 Å². The van der Waals surface area contributed by atoms with Crippen LogP contribution in [-0.4, -0.2) is 17.3 Å². The van der Waals surface area contributed by atoms with Crippen LogP contribution in [0.25, 0.3) is 0 Å². The number of carbonyl (C=O) groups is 1. The Bertz CT molecular complexity index is 374. The summed E-state index contributed by atoms with van der Waals surface area (Å²) in [4.78, 5) is 12.3. The van der Waals surface area contributed by atoms with Crippen LogP contribution in [0, 0.1) is 5.92 Å². The van der Waals surface area contributed by atoms with Gasteiger partial charge in [0.15, 0.2) is 0 Å². The normalized spacial score (nSPS) is 12.5.